The summed E-state index contributed by atoms with van der Waals surface area (Å²) in [6.45, 7) is 4.70. The van der Waals surface area contributed by atoms with Gasteiger partial charge in [-0.05, 0) is 36.6 Å². The second-order valence-electron chi connectivity index (χ2n) is 9.53. The van der Waals surface area contributed by atoms with E-state index in [-0.39, 0.29) is 11.8 Å². The number of nitrogens with zero attached hydrogens (tertiary/aromatic N) is 1. The van der Waals surface area contributed by atoms with Crippen molar-refractivity contribution >= 4 is 39.6 Å². The van der Waals surface area contributed by atoms with E-state index in [1.165, 1.54) is 6.92 Å². The largest absolute Gasteiger partial charge is 0.480 e. The number of fused-ring (bicyclic) bond motifs is 2. The molecule has 11 nitrogen and oxygen atoms in total. The molecule has 11 heteroatoms. The van der Waals surface area contributed by atoms with Gasteiger partial charge in [-0.15, -0.1) is 0 Å². The second-order valence-corrected chi connectivity index (χ2v) is 9.53. The van der Waals surface area contributed by atoms with Crippen molar-refractivity contribution in [2.45, 2.75) is 45.3 Å². The molecule has 2 aromatic carbocycles. The van der Waals surface area contributed by atoms with E-state index in [1.54, 1.807) is 44.3 Å². The molecule has 0 saturated carbocycles. The van der Waals surface area contributed by atoms with Gasteiger partial charge in [0.1, 0.15) is 18.1 Å². The SMILES string of the molecule is CC(C)[C@H](NC(=O)[C@H](Cc1c[nH]c2ccccc12)n1c(=O)[nH]c2ccccc2c1=O)C(=O)N[C@@H](C)C(=O)O. The number of hydrogen-bond acceptors (Lipinski definition) is 5. The van der Waals surface area contributed by atoms with E-state index in [4.69, 9.17) is 5.11 Å². The Hall–Kier alpha value is -4.67. The van der Waals surface area contributed by atoms with E-state index >= 15 is 0 Å². The van der Waals surface area contributed by atoms with Crippen LogP contribution in [0.3, 0.4) is 0 Å². The van der Waals surface area contributed by atoms with Crippen LogP contribution >= 0.6 is 0 Å². The molecule has 0 aliphatic rings. The normalized spacial score (nSPS) is 13.8. The molecular weight excluding hydrogens is 490 g/mol. The lowest BCUT2D eigenvalue weighted by atomic mass is 10.00. The average molecular weight is 520 g/mol. The number of carboxylic acids is 1. The smallest absolute Gasteiger partial charge is 0.329 e. The summed E-state index contributed by atoms with van der Waals surface area (Å²) in [5.74, 6) is -3.05. The third-order valence-electron chi connectivity index (χ3n) is 6.52. The summed E-state index contributed by atoms with van der Waals surface area (Å²) >= 11 is 0. The predicted molar refractivity (Wildman–Crippen MR) is 142 cm³/mol. The first-order valence-corrected chi connectivity index (χ1v) is 12.2. The molecular formula is C27H29N5O6. The number of nitrogens with one attached hydrogen (secondary N) is 4. The van der Waals surface area contributed by atoms with E-state index in [0.29, 0.717) is 11.1 Å². The van der Waals surface area contributed by atoms with Crippen LogP contribution in [0.4, 0.5) is 0 Å². The maximum atomic E-state index is 13.8. The summed E-state index contributed by atoms with van der Waals surface area (Å²) in [6, 6.07) is 10.3. The molecule has 0 spiro atoms. The maximum Gasteiger partial charge on any atom is 0.329 e. The lowest BCUT2D eigenvalue weighted by Crippen LogP contribution is -2.55. The number of H-pyrrole nitrogens is 2. The first kappa shape index (κ1) is 26.4. The molecule has 0 saturated heterocycles. The monoisotopic (exact) mass is 519 g/mol. The summed E-state index contributed by atoms with van der Waals surface area (Å²) in [4.78, 5) is 70.3. The number of rotatable bonds is 9. The quantitative estimate of drug-likeness (QED) is 0.226. The Morgan fingerprint density at radius 1 is 0.895 bits per heavy atom. The summed E-state index contributed by atoms with van der Waals surface area (Å²) < 4.78 is 0.870. The maximum absolute atomic E-state index is 13.8. The van der Waals surface area contributed by atoms with Crippen LogP contribution in [0.15, 0.2) is 64.3 Å². The highest BCUT2D eigenvalue weighted by Gasteiger charge is 2.32. The summed E-state index contributed by atoms with van der Waals surface area (Å²) in [5, 5.41) is 15.2. The highest BCUT2D eigenvalue weighted by atomic mass is 16.4. The highest BCUT2D eigenvalue weighted by Crippen LogP contribution is 2.23. The molecule has 0 radical (unpaired) electrons. The number of aromatic nitrogens is 3. The Balaban J connectivity index is 1.78. The molecule has 198 valence electrons. The van der Waals surface area contributed by atoms with Crippen molar-refractivity contribution in [2.75, 3.05) is 0 Å². The molecule has 38 heavy (non-hydrogen) atoms. The number of para-hydroxylation sites is 2. The minimum Gasteiger partial charge on any atom is -0.480 e. The second kappa shape index (κ2) is 10.8. The van der Waals surface area contributed by atoms with Crippen LogP contribution in [0.2, 0.25) is 0 Å². The number of amides is 2. The van der Waals surface area contributed by atoms with Gasteiger partial charge in [0, 0.05) is 23.5 Å². The van der Waals surface area contributed by atoms with Crippen molar-refractivity contribution < 1.29 is 19.5 Å². The molecule has 4 rings (SSSR count). The number of aliphatic carboxylic acids is 1. The third kappa shape index (κ3) is 5.22. The molecule has 0 bridgehead atoms. The van der Waals surface area contributed by atoms with Crippen LogP contribution in [0.25, 0.3) is 21.8 Å². The Labute approximate surface area is 216 Å². The minimum absolute atomic E-state index is 0.0187. The first-order chi connectivity index (χ1) is 18.1. The average Bonchev–Trinajstić information content (AvgIpc) is 3.29. The molecule has 5 N–H and O–H groups in total. The van der Waals surface area contributed by atoms with E-state index in [1.807, 2.05) is 24.3 Å². The molecule has 4 aromatic rings. The van der Waals surface area contributed by atoms with Gasteiger partial charge in [-0.2, -0.15) is 0 Å². The zero-order valence-electron chi connectivity index (χ0n) is 21.1. The fourth-order valence-electron chi connectivity index (χ4n) is 4.42. The van der Waals surface area contributed by atoms with Gasteiger partial charge >= 0.3 is 11.7 Å². The van der Waals surface area contributed by atoms with Crippen LogP contribution in [-0.4, -0.2) is 49.5 Å². The van der Waals surface area contributed by atoms with Crippen molar-refractivity contribution in [3.05, 3.63) is 81.1 Å². The van der Waals surface area contributed by atoms with Gasteiger partial charge in [-0.3, -0.25) is 19.2 Å². The van der Waals surface area contributed by atoms with Gasteiger partial charge in [0.25, 0.3) is 5.56 Å². The number of hydrogen-bond donors (Lipinski definition) is 5. The number of aromatic amines is 2. The van der Waals surface area contributed by atoms with Crippen LogP contribution < -0.4 is 21.9 Å². The van der Waals surface area contributed by atoms with Crippen molar-refractivity contribution in [3.63, 3.8) is 0 Å². The Bertz CT molecular complexity index is 1630. The lowest BCUT2D eigenvalue weighted by Gasteiger charge is -2.26. The molecule has 2 amide bonds. The van der Waals surface area contributed by atoms with Crippen molar-refractivity contribution in [1.29, 1.82) is 0 Å². The van der Waals surface area contributed by atoms with Gasteiger partial charge < -0.3 is 25.7 Å². The van der Waals surface area contributed by atoms with Crippen LogP contribution in [0.5, 0.6) is 0 Å². The van der Waals surface area contributed by atoms with E-state index < -0.39 is 53.1 Å². The van der Waals surface area contributed by atoms with Crippen molar-refractivity contribution in [2.24, 2.45) is 5.92 Å². The summed E-state index contributed by atoms with van der Waals surface area (Å²) in [5.41, 5.74) is 0.453. The number of benzene rings is 2. The van der Waals surface area contributed by atoms with Gasteiger partial charge in [-0.1, -0.05) is 44.2 Å². The van der Waals surface area contributed by atoms with Gasteiger partial charge in [0.05, 0.1) is 10.9 Å². The summed E-state index contributed by atoms with van der Waals surface area (Å²) in [6.07, 6.45) is 1.70. The van der Waals surface area contributed by atoms with Gasteiger partial charge in [0.15, 0.2) is 0 Å². The van der Waals surface area contributed by atoms with E-state index in [0.717, 1.165) is 15.5 Å². The zero-order valence-corrected chi connectivity index (χ0v) is 21.1. The standard InChI is InChI=1S/C27H29N5O6/c1-14(2)22(24(34)29-15(3)26(36)37)31-23(33)21(12-16-13-28-19-10-6-4-8-17(16)19)32-25(35)18-9-5-7-11-20(18)30-27(32)38/h4-11,13-15,21-22,28H,12H2,1-3H3,(H,29,34)(H,30,38)(H,31,33)(H,36,37)/t15-,21-,22-/m0/s1. The van der Waals surface area contributed by atoms with Gasteiger partial charge in [-0.25, -0.2) is 9.36 Å². The van der Waals surface area contributed by atoms with Crippen LogP contribution in [0.1, 0.15) is 32.4 Å². The lowest BCUT2D eigenvalue weighted by molar-refractivity contribution is -0.142. The topological polar surface area (TPSA) is 166 Å². The third-order valence-corrected chi connectivity index (χ3v) is 6.52. The number of carbonyl (C=O) groups is 3. The molecule has 0 aliphatic heterocycles. The predicted octanol–water partition coefficient (Wildman–Crippen LogP) is 1.69. The zero-order chi connectivity index (χ0) is 27.6. The fraction of sp³-hybridized carbons (Fsp3) is 0.296. The minimum atomic E-state index is -1.30. The highest BCUT2D eigenvalue weighted by molar-refractivity contribution is 5.92. The molecule has 2 aromatic heterocycles. The van der Waals surface area contributed by atoms with Gasteiger partial charge in [0.2, 0.25) is 11.8 Å². The van der Waals surface area contributed by atoms with Crippen LogP contribution in [0, 0.1) is 5.92 Å². The molecule has 0 unspecified atom stereocenters. The molecule has 2 heterocycles. The number of carboxylic acid groups (broad SMARTS) is 1. The number of carbonyl (C=O) groups excluding carboxylic acids is 2. The Morgan fingerprint density at radius 3 is 2.18 bits per heavy atom. The van der Waals surface area contributed by atoms with Crippen molar-refractivity contribution in [3.8, 4) is 0 Å². The van der Waals surface area contributed by atoms with E-state index in [2.05, 4.69) is 20.6 Å². The van der Waals surface area contributed by atoms with E-state index in [9.17, 15) is 24.0 Å². The first-order valence-electron chi connectivity index (χ1n) is 12.2. The Morgan fingerprint density at radius 2 is 1.53 bits per heavy atom. The molecule has 0 aliphatic carbocycles. The summed E-state index contributed by atoms with van der Waals surface area (Å²) in [7, 11) is 0. The molecule has 0 fully saturated rings. The fourth-order valence-corrected chi connectivity index (χ4v) is 4.42. The van der Waals surface area contributed by atoms with Crippen molar-refractivity contribution in [1.82, 2.24) is 25.2 Å². The van der Waals surface area contributed by atoms with Crippen LogP contribution in [-0.2, 0) is 20.8 Å². The molecule has 3 atom stereocenters. The Kier molecular flexibility index (Phi) is 7.47.